The van der Waals surface area contributed by atoms with Crippen LogP contribution < -0.4 is 0 Å². The Bertz CT molecular complexity index is 1310. The number of hydrogen-bond acceptors (Lipinski definition) is 4. The number of carbonyl (C=O) groups is 2. The first-order valence-electron chi connectivity index (χ1n) is 10.1. The lowest BCUT2D eigenvalue weighted by Crippen LogP contribution is -2.15. The molecule has 0 unspecified atom stereocenters. The minimum Gasteiger partial charge on any atom is -0.453 e. The van der Waals surface area contributed by atoms with Gasteiger partial charge in [-0.3, -0.25) is 4.79 Å². The molecule has 0 saturated carbocycles. The number of rotatable bonds is 7. The number of aromatic nitrogens is 1. The van der Waals surface area contributed by atoms with Gasteiger partial charge in [0.15, 0.2) is 6.61 Å². The summed E-state index contributed by atoms with van der Waals surface area (Å²) in [5, 5.41) is 1.14. The van der Waals surface area contributed by atoms with Gasteiger partial charge in [0, 0.05) is 33.6 Å². The van der Waals surface area contributed by atoms with Crippen LogP contribution in [0.4, 0.5) is 4.39 Å². The number of thiophene rings is 1. The monoisotopic (exact) mass is 469 g/mol. The standard InChI is InChI=1S/C25H21ClFNO3S/c1-15-13-20(16(2)28(15)12-11-17-7-9-18(27)10-8-17)21(29)14-31-25(30)24-23(26)19-5-3-4-6-22(19)32-24/h3-10,13H,11-12,14H2,1-2H3. The van der Waals surface area contributed by atoms with Crippen molar-refractivity contribution < 1.29 is 18.7 Å². The van der Waals surface area contributed by atoms with E-state index in [0.29, 0.717) is 28.4 Å². The van der Waals surface area contributed by atoms with Crippen LogP contribution in [0.2, 0.25) is 5.02 Å². The lowest BCUT2D eigenvalue weighted by Gasteiger charge is -2.10. The molecule has 0 N–H and O–H groups in total. The largest absolute Gasteiger partial charge is 0.453 e. The van der Waals surface area contributed by atoms with E-state index in [1.165, 1.54) is 23.5 Å². The number of fused-ring (bicyclic) bond motifs is 1. The summed E-state index contributed by atoms with van der Waals surface area (Å²) >= 11 is 7.58. The number of ketones is 1. The summed E-state index contributed by atoms with van der Waals surface area (Å²) in [5.74, 6) is -1.13. The molecule has 0 aliphatic rings. The van der Waals surface area contributed by atoms with Gasteiger partial charge in [-0.1, -0.05) is 41.9 Å². The number of ether oxygens (including phenoxy) is 1. The Hall–Kier alpha value is -2.96. The van der Waals surface area contributed by atoms with Crippen molar-refractivity contribution in [2.24, 2.45) is 0 Å². The van der Waals surface area contributed by atoms with Crippen molar-refractivity contribution in [3.8, 4) is 0 Å². The van der Waals surface area contributed by atoms with Crippen molar-refractivity contribution in [2.75, 3.05) is 6.61 Å². The molecule has 2 aromatic carbocycles. The van der Waals surface area contributed by atoms with Crippen molar-refractivity contribution in [1.82, 2.24) is 4.57 Å². The third-order valence-electron chi connectivity index (χ3n) is 5.47. The Morgan fingerprint density at radius 1 is 1.09 bits per heavy atom. The normalized spacial score (nSPS) is 11.1. The smallest absolute Gasteiger partial charge is 0.350 e. The van der Waals surface area contributed by atoms with Gasteiger partial charge in [-0.25, -0.2) is 9.18 Å². The molecule has 4 rings (SSSR count). The van der Waals surface area contributed by atoms with Gasteiger partial charge in [0.05, 0.1) is 5.02 Å². The lowest BCUT2D eigenvalue weighted by atomic mass is 10.1. The highest BCUT2D eigenvalue weighted by Gasteiger charge is 2.21. The van der Waals surface area contributed by atoms with E-state index < -0.39 is 5.97 Å². The zero-order valence-electron chi connectivity index (χ0n) is 17.7. The van der Waals surface area contributed by atoms with E-state index >= 15 is 0 Å². The van der Waals surface area contributed by atoms with Crippen molar-refractivity contribution >= 4 is 44.8 Å². The number of hydrogen-bond donors (Lipinski definition) is 0. The van der Waals surface area contributed by atoms with Crippen LogP contribution in [0.1, 0.15) is 37.0 Å². The van der Waals surface area contributed by atoms with Crippen LogP contribution in [0, 0.1) is 19.7 Å². The summed E-state index contributed by atoms with van der Waals surface area (Å²) in [7, 11) is 0. The second-order valence-electron chi connectivity index (χ2n) is 7.55. The van der Waals surface area contributed by atoms with Crippen LogP contribution in [0.25, 0.3) is 10.1 Å². The molecular weight excluding hydrogens is 449 g/mol. The predicted octanol–water partition coefficient (Wildman–Crippen LogP) is 6.39. The molecule has 0 atom stereocenters. The number of aryl methyl sites for hydroxylation is 2. The molecule has 0 radical (unpaired) electrons. The van der Waals surface area contributed by atoms with Gasteiger partial charge in [0.2, 0.25) is 5.78 Å². The van der Waals surface area contributed by atoms with Crippen LogP contribution in [0.3, 0.4) is 0 Å². The van der Waals surface area contributed by atoms with E-state index in [-0.39, 0.29) is 18.2 Å². The van der Waals surface area contributed by atoms with E-state index in [1.807, 2.05) is 48.7 Å². The first-order chi connectivity index (χ1) is 15.3. The molecule has 0 fully saturated rings. The second kappa shape index (κ2) is 9.27. The summed E-state index contributed by atoms with van der Waals surface area (Å²) in [6.07, 6.45) is 0.712. The molecule has 0 saturated heterocycles. The van der Waals surface area contributed by atoms with E-state index in [2.05, 4.69) is 0 Å². The summed E-state index contributed by atoms with van der Waals surface area (Å²) in [4.78, 5) is 25.6. The van der Waals surface area contributed by atoms with Crippen LogP contribution in [0.5, 0.6) is 0 Å². The molecule has 4 nitrogen and oxygen atoms in total. The molecule has 32 heavy (non-hydrogen) atoms. The first kappa shape index (κ1) is 22.2. The minimum atomic E-state index is -0.602. The fraction of sp³-hybridized carbons (Fsp3) is 0.200. The van der Waals surface area contributed by atoms with Crippen LogP contribution >= 0.6 is 22.9 Å². The maximum absolute atomic E-state index is 13.1. The molecule has 0 spiro atoms. The van der Waals surface area contributed by atoms with Gasteiger partial charge >= 0.3 is 5.97 Å². The number of esters is 1. The lowest BCUT2D eigenvalue weighted by molar-refractivity contribution is 0.0479. The van der Waals surface area contributed by atoms with Gasteiger partial charge in [0.25, 0.3) is 0 Å². The fourth-order valence-electron chi connectivity index (χ4n) is 3.74. The van der Waals surface area contributed by atoms with Gasteiger partial charge in [-0.15, -0.1) is 11.3 Å². The van der Waals surface area contributed by atoms with Crippen molar-refractivity contribution in [3.05, 3.63) is 92.8 Å². The molecule has 164 valence electrons. The summed E-state index contributed by atoms with van der Waals surface area (Å²) in [6.45, 7) is 4.10. The maximum Gasteiger partial charge on any atom is 0.350 e. The van der Waals surface area contributed by atoms with Crippen molar-refractivity contribution in [3.63, 3.8) is 0 Å². The summed E-state index contributed by atoms with van der Waals surface area (Å²) in [5.41, 5.74) is 3.29. The van der Waals surface area contributed by atoms with E-state index in [0.717, 1.165) is 27.0 Å². The molecule has 2 heterocycles. The highest BCUT2D eigenvalue weighted by molar-refractivity contribution is 7.21. The van der Waals surface area contributed by atoms with E-state index in [4.69, 9.17) is 16.3 Å². The van der Waals surface area contributed by atoms with E-state index in [9.17, 15) is 14.0 Å². The number of nitrogens with zero attached hydrogens (tertiary/aromatic N) is 1. The number of Topliss-reactive ketones (excluding diaryl/α,β-unsaturated/α-hetero) is 1. The number of benzene rings is 2. The second-order valence-corrected chi connectivity index (χ2v) is 8.98. The molecule has 2 aromatic heterocycles. The highest BCUT2D eigenvalue weighted by atomic mass is 35.5. The average Bonchev–Trinajstić information content (AvgIpc) is 3.28. The third-order valence-corrected chi connectivity index (χ3v) is 7.12. The number of halogens is 2. The van der Waals surface area contributed by atoms with Gasteiger partial charge in [0.1, 0.15) is 10.7 Å². The Morgan fingerprint density at radius 3 is 2.53 bits per heavy atom. The topological polar surface area (TPSA) is 48.3 Å². The Balaban J connectivity index is 1.43. The third kappa shape index (κ3) is 4.47. The highest BCUT2D eigenvalue weighted by Crippen LogP contribution is 2.35. The van der Waals surface area contributed by atoms with Gasteiger partial charge in [-0.05, 0) is 50.1 Å². The molecule has 0 amide bonds. The van der Waals surface area contributed by atoms with Crippen LogP contribution in [-0.4, -0.2) is 22.9 Å². The van der Waals surface area contributed by atoms with Crippen LogP contribution in [0.15, 0.2) is 54.6 Å². The van der Waals surface area contributed by atoms with E-state index in [1.54, 1.807) is 12.1 Å². The average molecular weight is 470 g/mol. The summed E-state index contributed by atoms with van der Waals surface area (Å²) < 4.78 is 21.3. The zero-order chi connectivity index (χ0) is 22.8. The molecule has 0 aliphatic heterocycles. The Kier molecular flexibility index (Phi) is 6.44. The Morgan fingerprint density at radius 2 is 1.81 bits per heavy atom. The fourth-order valence-corrected chi connectivity index (χ4v) is 5.14. The minimum absolute atomic E-state index is 0.263. The van der Waals surface area contributed by atoms with Gasteiger partial charge < -0.3 is 9.30 Å². The number of carbonyl (C=O) groups excluding carboxylic acids is 2. The molecule has 4 aromatic rings. The molecule has 0 bridgehead atoms. The van der Waals surface area contributed by atoms with Crippen LogP contribution in [-0.2, 0) is 17.7 Å². The first-order valence-corrected chi connectivity index (χ1v) is 11.3. The quantitative estimate of drug-likeness (QED) is 0.232. The summed E-state index contributed by atoms with van der Waals surface area (Å²) in [6, 6.07) is 15.7. The van der Waals surface area contributed by atoms with Crippen molar-refractivity contribution in [2.45, 2.75) is 26.8 Å². The SMILES string of the molecule is Cc1cc(C(=O)COC(=O)c2sc3ccccc3c2Cl)c(C)n1CCc1ccc(F)cc1. The maximum atomic E-state index is 13.1. The predicted molar refractivity (Wildman–Crippen MR) is 125 cm³/mol. The molecule has 7 heteroatoms. The Labute approximate surface area is 194 Å². The zero-order valence-corrected chi connectivity index (χ0v) is 19.2. The van der Waals surface area contributed by atoms with Gasteiger partial charge in [-0.2, -0.15) is 0 Å². The van der Waals surface area contributed by atoms with Crippen molar-refractivity contribution in [1.29, 1.82) is 0 Å². The molecule has 0 aliphatic carbocycles. The molecular formula is C25H21ClFNO3S.